The van der Waals surface area contributed by atoms with Crippen LogP contribution >= 0.6 is 0 Å². The largest absolute Gasteiger partial charge is 0.447 e. The van der Waals surface area contributed by atoms with Crippen LogP contribution in [0, 0.1) is 17.0 Å². The number of hydrogen-bond donors (Lipinski definition) is 1. The number of carbonyl (C=O) groups excluding carboxylic acids is 2. The number of amides is 1. The highest BCUT2D eigenvalue weighted by atomic mass is 16.6. The number of aryl methyl sites for hydroxylation is 1. The summed E-state index contributed by atoms with van der Waals surface area (Å²) >= 11 is 0. The zero-order valence-corrected chi connectivity index (χ0v) is 14.6. The van der Waals surface area contributed by atoms with Crippen molar-refractivity contribution in [3.05, 3.63) is 69.8 Å². The van der Waals surface area contributed by atoms with E-state index in [4.69, 9.17) is 4.74 Å². The molecule has 0 saturated carbocycles. The van der Waals surface area contributed by atoms with Crippen molar-refractivity contribution in [2.45, 2.75) is 32.8 Å². The van der Waals surface area contributed by atoms with Gasteiger partial charge in [-0.3, -0.25) is 19.7 Å². The van der Waals surface area contributed by atoms with Crippen LogP contribution in [0.4, 0.5) is 11.4 Å². The molecule has 0 unspecified atom stereocenters. The molecule has 26 heavy (non-hydrogen) atoms. The standard InChI is InChI=1S/C19H20N2O5/c1-3-7-17(22)26-18(14-8-5-4-6-9-14)19(23)20-15-11-10-13(2)12-16(15)21(24)25/h4-6,8-12,18H,3,7H2,1-2H3,(H,20,23)/t18-/m1/s1. The minimum atomic E-state index is -1.18. The smallest absolute Gasteiger partial charge is 0.306 e. The minimum Gasteiger partial charge on any atom is -0.447 e. The molecule has 136 valence electrons. The van der Waals surface area contributed by atoms with Crippen LogP contribution in [0.5, 0.6) is 0 Å². The third-order valence-corrected chi connectivity index (χ3v) is 3.65. The van der Waals surface area contributed by atoms with Gasteiger partial charge in [-0.05, 0) is 25.0 Å². The summed E-state index contributed by atoms with van der Waals surface area (Å²) in [5.41, 5.74) is 1.02. The Balaban J connectivity index is 2.30. The zero-order chi connectivity index (χ0) is 19.1. The molecule has 1 atom stereocenters. The van der Waals surface area contributed by atoms with Crippen LogP contribution in [-0.4, -0.2) is 16.8 Å². The van der Waals surface area contributed by atoms with Gasteiger partial charge in [0.2, 0.25) is 6.10 Å². The molecule has 7 heteroatoms. The molecule has 0 saturated heterocycles. The predicted octanol–water partition coefficient (Wildman–Crippen LogP) is 3.93. The summed E-state index contributed by atoms with van der Waals surface area (Å²) in [5.74, 6) is -1.15. The first-order chi connectivity index (χ1) is 12.4. The van der Waals surface area contributed by atoms with E-state index >= 15 is 0 Å². The van der Waals surface area contributed by atoms with Gasteiger partial charge in [0.15, 0.2) is 0 Å². The number of esters is 1. The fourth-order valence-corrected chi connectivity index (χ4v) is 2.39. The van der Waals surface area contributed by atoms with Crippen molar-refractivity contribution < 1.29 is 19.2 Å². The zero-order valence-electron chi connectivity index (χ0n) is 14.6. The van der Waals surface area contributed by atoms with Crippen LogP contribution in [0.15, 0.2) is 48.5 Å². The molecular weight excluding hydrogens is 336 g/mol. The van der Waals surface area contributed by atoms with E-state index in [1.807, 2.05) is 6.92 Å². The van der Waals surface area contributed by atoms with Crippen molar-refractivity contribution >= 4 is 23.3 Å². The second kappa shape index (κ2) is 8.75. The molecule has 0 aliphatic carbocycles. The topological polar surface area (TPSA) is 98.5 Å². The molecule has 0 fully saturated rings. The number of nitro benzene ring substituents is 1. The highest BCUT2D eigenvalue weighted by Crippen LogP contribution is 2.27. The molecule has 0 bridgehead atoms. The Morgan fingerprint density at radius 2 is 1.88 bits per heavy atom. The average Bonchev–Trinajstić information content (AvgIpc) is 2.62. The summed E-state index contributed by atoms with van der Waals surface area (Å²) in [6, 6.07) is 13.0. The third kappa shape index (κ3) is 4.89. The highest BCUT2D eigenvalue weighted by Gasteiger charge is 2.27. The molecule has 7 nitrogen and oxygen atoms in total. The molecule has 0 radical (unpaired) electrons. The summed E-state index contributed by atoms with van der Waals surface area (Å²) in [6.45, 7) is 3.55. The number of nitro groups is 1. The third-order valence-electron chi connectivity index (χ3n) is 3.65. The van der Waals surface area contributed by atoms with Gasteiger partial charge in [0, 0.05) is 18.1 Å². The molecule has 2 aromatic carbocycles. The Labute approximate surface area is 151 Å². The van der Waals surface area contributed by atoms with Crippen LogP contribution in [0.2, 0.25) is 0 Å². The second-order valence-corrected chi connectivity index (χ2v) is 5.80. The minimum absolute atomic E-state index is 0.0538. The van der Waals surface area contributed by atoms with Crippen molar-refractivity contribution in [2.75, 3.05) is 5.32 Å². The van der Waals surface area contributed by atoms with Crippen LogP contribution < -0.4 is 5.32 Å². The molecule has 0 aromatic heterocycles. The molecule has 0 heterocycles. The maximum Gasteiger partial charge on any atom is 0.306 e. The summed E-state index contributed by atoms with van der Waals surface area (Å²) in [4.78, 5) is 35.3. The first-order valence-corrected chi connectivity index (χ1v) is 8.22. The number of nitrogens with zero attached hydrogens (tertiary/aromatic N) is 1. The molecule has 0 aliphatic rings. The number of nitrogens with one attached hydrogen (secondary N) is 1. The quantitative estimate of drug-likeness (QED) is 0.460. The maximum absolute atomic E-state index is 12.7. The van der Waals surface area contributed by atoms with E-state index in [1.165, 1.54) is 12.1 Å². The first-order valence-electron chi connectivity index (χ1n) is 8.22. The van der Waals surface area contributed by atoms with Gasteiger partial charge >= 0.3 is 5.97 Å². The van der Waals surface area contributed by atoms with Gasteiger partial charge in [-0.25, -0.2) is 0 Å². The Kier molecular flexibility index (Phi) is 6.43. The van der Waals surface area contributed by atoms with E-state index in [1.54, 1.807) is 43.3 Å². The van der Waals surface area contributed by atoms with E-state index in [9.17, 15) is 19.7 Å². The van der Waals surface area contributed by atoms with Gasteiger partial charge in [-0.1, -0.05) is 43.3 Å². The van der Waals surface area contributed by atoms with Crippen molar-refractivity contribution in [1.82, 2.24) is 0 Å². The van der Waals surface area contributed by atoms with Gasteiger partial charge in [-0.2, -0.15) is 0 Å². The Morgan fingerprint density at radius 3 is 2.50 bits per heavy atom. The van der Waals surface area contributed by atoms with E-state index in [0.29, 0.717) is 17.5 Å². The molecule has 1 amide bonds. The fraction of sp³-hybridized carbons (Fsp3) is 0.263. The van der Waals surface area contributed by atoms with Gasteiger partial charge in [0.05, 0.1) is 4.92 Å². The first kappa shape index (κ1) is 19.1. The Hall–Kier alpha value is -3.22. The normalized spacial score (nSPS) is 11.5. The fourth-order valence-electron chi connectivity index (χ4n) is 2.39. The number of ether oxygens (including phenoxy) is 1. The molecule has 2 aromatic rings. The predicted molar refractivity (Wildman–Crippen MR) is 96.6 cm³/mol. The molecular formula is C19H20N2O5. The molecule has 0 aliphatic heterocycles. The van der Waals surface area contributed by atoms with E-state index in [2.05, 4.69) is 5.32 Å². The number of carbonyl (C=O) groups is 2. The summed E-state index contributed by atoms with van der Waals surface area (Å²) < 4.78 is 5.31. The number of rotatable bonds is 7. The van der Waals surface area contributed by atoms with E-state index in [0.717, 1.165) is 0 Å². The molecule has 1 N–H and O–H groups in total. The maximum atomic E-state index is 12.7. The average molecular weight is 356 g/mol. The monoisotopic (exact) mass is 356 g/mol. The van der Waals surface area contributed by atoms with Crippen molar-refractivity contribution in [3.8, 4) is 0 Å². The van der Waals surface area contributed by atoms with Crippen LogP contribution in [0.1, 0.15) is 37.0 Å². The summed E-state index contributed by atoms with van der Waals surface area (Å²) in [7, 11) is 0. The van der Waals surface area contributed by atoms with Gasteiger partial charge < -0.3 is 10.1 Å². The van der Waals surface area contributed by atoms with Crippen LogP contribution in [0.25, 0.3) is 0 Å². The van der Waals surface area contributed by atoms with Crippen LogP contribution in [0.3, 0.4) is 0 Å². The molecule has 2 rings (SSSR count). The lowest BCUT2D eigenvalue weighted by Gasteiger charge is -2.18. The van der Waals surface area contributed by atoms with Crippen molar-refractivity contribution in [1.29, 1.82) is 0 Å². The number of anilines is 1. The Morgan fingerprint density at radius 1 is 1.19 bits per heavy atom. The highest BCUT2D eigenvalue weighted by molar-refractivity contribution is 5.97. The second-order valence-electron chi connectivity index (χ2n) is 5.80. The summed E-state index contributed by atoms with van der Waals surface area (Å²) in [5, 5.41) is 13.7. The van der Waals surface area contributed by atoms with Crippen LogP contribution in [-0.2, 0) is 14.3 Å². The van der Waals surface area contributed by atoms with Gasteiger partial charge in [-0.15, -0.1) is 0 Å². The van der Waals surface area contributed by atoms with Crippen molar-refractivity contribution in [3.63, 3.8) is 0 Å². The number of benzene rings is 2. The lowest BCUT2D eigenvalue weighted by Crippen LogP contribution is -2.26. The summed E-state index contributed by atoms with van der Waals surface area (Å²) in [6.07, 6.45) is -0.414. The molecule has 0 spiro atoms. The van der Waals surface area contributed by atoms with E-state index < -0.39 is 22.9 Å². The SMILES string of the molecule is CCCC(=O)O[C@@H](C(=O)Nc1ccc(C)cc1[N+](=O)[O-])c1ccccc1. The lowest BCUT2D eigenvalue weighted by atomic mass is 10.1. The van der Waals surface area contributed by atoms with Crippen molar-refractivity contribution in [2.24, 2.45) is 0 Å². The number of hydrogen-bond acceptors (Lipinski definition) is 5. The Bertz CT molecular complexity index is 805. The van der Waals surface area contributed by atoms with Gasteiger partial charge in [0.1, 0.15) is 5.69 Å². The van der Waals surface area contributed by atoms with Gasteiger partial charge in [0.25, 0.3) is 11.6 Å². The van der Waals surface area contributed by atoms with E-state index in [-0.39, 0.29) is 17.8 Å². The lowest BCUT2D eigenvalue weighted by molar-refractivity contribution is -0.384.